The number of hydrogen-bond acceptors (Lipinski definition) is 5. The predicted molar refractivity (Wildman–Crippen MR) is 109 cm³/mol. The minimum atomic E-state index is -0.281. The van der Waals surface area contributed by atoms with Crippen molar-refractivity contribution >= 4 is 29.1 Å². The third kappa shape index (κ3) is 5.06. The number of aryl methyl sites for hydroxylation is 1. The van der Waals surface area contributed by atoms with Gasteiger partial charge in [-0.1, -0.05) is 35.9 Å². The van der Waals surface area contributed by atoms with Crippen molar-refractivity contribution in [2.45, 2.75) is 13.3 Å². The average molecular weight is 392 g/mol. The Morgan fingerprint density at radius 3 is 2.64 bits per heavy atom. The Balaban J connectivity index is 1.67. The lowest BCUT2D eigenvalue weighted by Gasteiger charge is -2.10. The molecular weight excluding hydrogens is 374 g/mol. The van der Waals surface area contributed by atoms with Gasteiger partial charge in [0.1, 0.15) is 11.8 Å². The first-order chi connectivity index (χ1) is 13.5. The maximum atomic E-state index is 12.5. The second-order valence-corrected chi connectivity index (χ2v) is 6.57. The zero-order valence-electron chi connectivity index (χ0n) is 15.2. The Morgan fingerprint density at radius 1 is 1.14 bits per heavy atom. The normalized spacial score (nSPS) is 10.2. The molecule has 1 amide bonds. The maximum absolute atomic E-state index is 12.5. The van der Waals surface area contributed by atoms with Gasteiger partial charge in [-0.2, -0.15) is 5.26 Å². The van der Waals surface area contributed by atoms with Gasteiger partial charge in [0.25, 0.3) is 5.91 Å². The second-order valence-electron chi connectivity index (χ2n) is 6.13. The number of nitrogens with zero attached hydrogens (tertiary/aromatic N) is 3. The number of benzene rings is 2. The fraction of sp³-hybridized carbons (Fsp3) is 0.143. The van der Waals surface area contributed by atoms with Crippen LogP contribution in [0.1, 0.15) is 27.3 Å². The minimum absolute atomic E-state index is 0.264. The van der Waals surface area contributed by atoms with Crippen LogP contribution in [-0.2, 0) is 6.42 Å². The summed E-state index contributed by atoms with van der Waals surface area (Å²) < 4.78 is 0. The maximum Gasteiger partial charge on any atom is 0.270 e. The SMILES string of the molecule is Cc1cc(C(=O)NCCc2ccc(Cl)cc2)nc(Nc2ccccc2C#N)n1. The number of para-hydroxylation sites is 1. The van der Waals surface area contributed by atoms with E-state index in [0.717, 1.165) is 5.56 Å². The fourth-order valence-corrected chi connectivity index (χ4v) is 2.74. The molecule has 7 heteroatoms. The fourth-order valence-electron chi connectivity index (χ4n) is 2.61. The summed E-state index contributed by atoms with van der Waals surface area (Å²) in [6.45, 7) is 2.26. The lowest BCUT2D eigenvalue weighted by Crippen LogP contribution is -2.27. The van der Waals surface area contributed by atoms with E-state index in [1.165, 1.54) is 0 Å². The summed E-state index contributed by atoms with van der Waals surface area (Å²) in [5.74, 6) is -0.0124. The van der Waals surface area contributed by atoms with E-state index in [9.17, 15) is 10.1 Å². The molecule has 0 fully saturated rings. The Labute approximate surface area is 168 Å². The Kier molecular flexibility index (Phi) is 6.20. The molecule has 140 valence electrons. The van der Waals surface area contributed by atoms with Crippen LogP contribution in [0.3, 0.4) is 0 Å². The molecule has 1 heterocycles. The monoisotopic (exact) mass is 391 g/mol. The second kappa shape index (κ2) is 8.98. The summed E-state index contributed by atoms with van der Waals surface area (Å²) in [6, 6.07) is 18.3. The highest BCUT2D eigenvalue weighted by molar-refractivity contribution is 6.30. The van der Waals surface area contributed by atoms with Crippen molar-refractivity contribution in [2.24, 2.45) is 0 Å². The van der Waals surface area contributed by atoms with Crippen LogP contribution in [0.4, 0.5) is 11.6 Å². The van der Waals surface area contributed by atoms with E-state index in [0.29, 0.717) is 34.9 Å². The molecule has 0 saturated heterocycles. The summed E-state index contributed by atoms with van der Waals surface area (Å²) in [5, 5.41) is 15.8. The summed E-state index contributed by atoms with van der Waals surface area (Å²) in [5.41, 5.74) is 3.06. The van der Waals surface area contributed by atoms with Crippen molar-refractivity contribution in [1.82, 2.24) is 15.3 Å². The van der Waals surface area contributed by atoms with Gasteiger partial charge in [-0.3, -0.25) is 4.79 Å². The van der Waals surface area contributed by atoms with Gasteiger partial charge >= 0.3 is 0 Å². The number of rotatable bonds is 6. The van der Waals surface area contributed by atoms with Gasteiger partial charge in [-0.15, -0.1) is 0 Å². The van der Waals surface area contributed by atoms with E-state index in [1.807, 2.05) is 30.3 Å². The zero-order valence-corrected chi connectivity index (χ0v) is 16.0. The first kappa shape index (κ1) is 19.3. The standard InChI is InChI=1S/C21H18ClN5O/c1-14-12-19(20(28)24-11-10-15-6-8-17(22)9-7-15)27-21(25-14)26-18-5-3-2-4-16(18)13-23/h2-9,12H,10-11H2,1H3,(H,24,28)(H,25,26,27). The summed E-state index contributed by atoms with van der Waals surface area (Å²) in [6.07, 6.45) is 0.688. The van der Waals surface area contributed by atoms with Gasteiger partial charge in [0.2, 0.25) is 5.95 Å². The molecule has 0 aliphatic rings. The molecule has 0 aliphatic carbocycles. The van der Waals surface area contributed by atoms with Gasteiger partial charge in [0.05, 0.1) is 11.3 Å². The first-order valence-electron chi connectivity index (χ1n) is 8.69. The highest BCUT2D eigenvalue weighted by Crippen LogP contribution is 2.18. The molecule has 0 atom stereocenters. The lowest BCUT2D eigenvalue weighted by atomic mass is 10.1. The number of halogens is 1. The van der Waals surface area contributed by atoms with Crippen molar-refractivity contribution in [3.05, 3.63) is 82.1 Å². The average Bonchev–Trinajstić information content (AvgIpc) is 2.69. The Bertz CT molecular complexity index is 1030. The highest BCUT2D eigenvalue weighted by Gasteiger charge is 2.11. The lowest BCUT2D eigenvalue weighted by molar-refractivity contribution is 0.0949. The number of amides is 1. The van der Waals surface area contributed by atoms with Crippen LogP contribution < -0.4 is 10.6 Å². The number of hydrogen-bond donors (Lipinski definition) is 2. The van der Waals surface area contributed by atoms with E-state index in [1.54, 1.807) is 31.2 Å². The molecule has 0 spiro atoms. The van der Waals surface area contributed by atoms with E-state index >= 15 is 0 Å². The molecule has 2 N–H and O–H groups in total. The van der Waals surface area contributed by atoms with Gasteiger partial charge < -0.3 is 10.6 Å². The molecular formula is C21H18ClN5O. The van der Waals surface area contributed by atoms with Crippen molar-refractivity contribution in [3.8, 4) is 6.07 Å². The van der Waals surface area contributed by atoms with Crippen molar-refractivity contribution in [2.75, 3.05) is 11.9 Å². The third-order valence-electron chi connectivity index (χ3n) is 3.99. The van der Waals surface area contributed by atoms with E-state index in [-0.39, 0.29) is 17.5 Å². The molecule has 0 unspecified atom stereocenters. The first-order valence-corrected chi connectivity index (χ1v) is 9.07. The molecule has 1 aromatic heterocycles. The van der Waals surface area contributed by atoms with Crippen LogP contribution in [0.15, 0.2) is 54.6 Å². The number of nitrogens with one attached hydrogen (secondary N) is 2. The Morgan fingerprint density at radius 2 is 1.89 bits per heavy atom. The number of nitriles is 1. The predicted octanol–water partition coefficient (Wildman–Crippen LogP) is 4.03. The smallest absolute Gasteiger partial charge is 0.270 e. The molecule has 28 heavy (non-hydrogen) atoms. The van der Waals surface area contributed by atoms with Crippen molar-refractivity contribution in [1.29, 1.82) is 5.26 Å². The topological polar surface area (TPSA) is 90.7 Å². The highest BCUT2D eigenvalue weighted by atomic mass is 35.5. The van der Waals surface area contributed by atoms with Crippen LogP contribution in [0.5, 0.6) is 0 Å². The third-order valence-corrected chi connectivity index (χ3v) is 4.25. The molecule has 0 bridgehead atoms. The summed E-state index contributed by atoms with van der Waals surface area (Å²) in [4.78, 5) is 21.0. The molecule has 0 aliphatic heterocycles. The van der Waals surface area contributed by atoms with Gasteiger partial charge in [-0.25, -0.2) is 9.97 Å². The molecule has 3 aromatic rings. The van der Waals surface area contributed by atoms with Crippen LogP contribution in [0.2, 0.25) is 5.02 Å². The minimum Gasteiger partial charge on any atom is -0.350 e. The van der Waals surface area contributed by atoms with Gasteiger partial charge in [0, 0.05) is 17.3 Å². The van der Waals surface area contributed by atoms with Gasteiger partial charge in [-0.05, 0) is 49.2 Å². The number of carbonyl (C=O) groups is 1. The zero-order chi connectivity index (χ0) is 19.9. The largest absolute Gasteiger partial charge is 0.350 e. The molecule has 2 aromatic carbocycles. The van der Waals surface area contributed by atoms with Gasteiger partial charge in [0.15, 0.2) is 0 Å². The van der Waals surface area contributed by atoms with Crippen molar-refractivity contribution in [3.63, 3.8) is 0 Å². The van der Waals surface area contributed by atoms with E-state index in [2.05, 4.69) is 26.7 Å². The quantitative estimate of drug-likeness (QED) is 0.662. The van der Waals surface area contributed by atoms with Crippen LogP contribution >= 0.6 is 11.6 Å². The van der Waals surface area contributed by atoms with E-state index in [4.69, 9.17) is 11.6 Å². The molecule has 3 rings (SSSR count). The summed E-state index contributed by atoms with van der Waals surface area (Å²) in [7, 11) is 0. The van der Waals surface area contributed by atoms with Crippen molar-refractivity contribution < 1.29 is 4.79 Å². The van der Waals surface area contributed by atoms with Crippen LogP contribution in [0.25, 0.3) is 0 Å². The molecule has 0 radical (unpaired) electrons. The Hall–Kier alpha value is -3.43. The number of anilines is 2. The van der Waals surface area contributed by atoms with Crippen LogP contribution in [0, 0.1) is 18.3 Å². The summed E-state index contributed by atoms with van der Waals surface area (Å²) >= 11 is 5.88. The van der Waals surface area contributed by atoms with Crippen LogP contribution in [-0.4, -0.2) is 22.4 Å². The number of carbonyl (C=O) groups excluding carboxylic acids is 1. The van der Waals surface area contributed by atoms with E-state index < -0.39 is 0 Å². The molecule has 6 nitrogen and oxygen atoms in total. The molecule has 0 saturated carbocycles. The number of aromatic nitrogens is 2.